The highest BCUT2D eigenvalue weighted by atomic mass is 16.7. The van der Waals surface area contributed by atoms with Crippen LogP contribution in [0.5, 0.6) is 0 Å². The molecule has 3 aromatic carbocycles. The molecule has 48 heavy (non-hydrogen) atoms. The fraction of sp³-hybridized carbons (Fsp3) is 0.316. The summed E-state index contributed by atoms with van der Waals surface area (Å²) in [6.45, 7) is 5.35. The highest BCUT2D eigenvalue weighted by molar-refractivity contribution is 6.10. The number of hydrogen-bond acceptors (Lipinski definition) is 8. The number of aromatic amines is 1. The van der Waals surface area contributed by atoms with Gasteiger partial charge in [0.25, 0.3) is 5.91 Å². The number of para-hydroxylation sites is 1. The van der Waals surface area contributed by atoms with Gasteiger partial charge < -0.3 is 29.2 Å². The van der Waals surface area contributed by atoms with E-state index in [0.29, 0.717) is 25.3 Å². The van der Waals surface area contributed by atoms with Crippen LogP contribution in [0.2, 0.25) is 0 Å². The third-order valence-corrected chi connectivity index (χ3v) is 8.18. The molecule has 10 heteroatoms. The van der Waals surface area contributed by atoms with Gasteiger partial charge in [0.2, 0.25) is 0 Å². The zero-order valence-electron chi connectivity index (χ0n) is 27.1. The number of hydrogen-bond donors (Lipinski definition) is 2. The fourth-order valence-corrected chi connectivity index (χ4v) is 5.56. The van der Waals surface area contributed by atoms with Crippen molar-refractivity contribution in [1.82, 2.24) is 15.3 Å². The highest BCUT2D eigenvalue weighted by Crippen LogP contribution is 2.30. The maximum absolute atomic E-state index is 13.9. The van der Waals surface area contributed by atoms with Crippen LogP contribution in [0.1, 0.15) is 54.0 Å². The number of rotatable bonds is 12. The van der Waals surface area contributed by atoms with Crippen molar-refractivity contribution in [3.63, 3.8) is 0 Å². The number of nitrogens with one attached hydrogen (secondary N) is 2. The van der Waals surface area contributed by atoms with Crippen molar-refractivity contribution < 1.29 is 33.3 Å². The van der Waals surface area contributed by atoms with Gasteiger partial charge >= 0.3 is 11.9 Å². The third kappa shape index (κ3) is 8.26. The fourth-order valence-electron chi connectivity index (χ4n) is 5.56. The van der Waals surface area contributed by atoms with E-state index < -0.39 is 30.2 Å². The molecule has 0 saturated carbocycles. The Balaban J connectivity index is 1.22. The molecule has 0 radical (unpaired) electrons. The predicted octanol–water partition coefficient (Wildman–Crippen LogP) is 6.02. The SMILES string of the molecule is CC1(C)COC(Cc2nc(C(=O)N[C@@H](CCC(=O)OCc3ccccc3)C(=O)OCc3ccccc3)cc3c2[nH]c2ccccc23)OC1. The van der Waals surface area contributed by atoms with Gasteiger partial charge in [0.15, 0.2) is 6.29 Å². The number of aromatic nitrogens is 2. The number of carbonyl (C=O) groups excluding carboxylic acids is 3. The Bertz CT molecular complexity index is 1880. The molecule has 10 nitrogen and oxygen atoms in total. The van der Waals surface area contributed by atoms with Crippen molar-refractivity contribution in [3.05, 3.63) is 114 Å². The van der Waals surface area contributed by atoms with E-state index in [0.717, 1.165) is 32.9 Å². The van der Waals surface area contributed by atoms with Gasteiger partial charge in [-0.15, -0.1) is 0 Å². The van der Waals surface area contributed by atoms with Crippen molar-refractivity contribution in [2.75, 3.05) is 13.2 Å². The number of benzene rings is 3. The molecule has 1 aliphatic heterocycles. The molecule has 0 bridgehead atoms. The lowest BCUT2D eigenvalue weighted by atomic mass is 9.95. The van der Waals surface area contributed by atoms with E-state index in [9.17, 15) is 14.4 Å². The molecule has 0 unspecified atom stereocenters. The number of amides is 1. The molecule has 1 saturated heterocycles. The van der Waals surface area contributed by atoms with E-state index in [1.165, 1.54) is 0 Å². The smallest absolute Gasteiger partial charge is 0.328 e. The van der Waals surface area contributed by atoms with Crippen LogP contribution in [0.3, 0.4) is 0 Å². The van der Waals surface area contributed by atoms with E-state index in [1.807, 2.05) is 84.9 Å². The van der Waals surface area contributed by atoms with Gasteiger partial charge in [0.1, 0.15) is 24.9 Å². The van der Waals surface area contributed by atoms with Crippen LogP contribution < -0.4 is 5.32 Å². The minimum atomic E-state index is -1.12. The summed E-state index contributed by atoms with van der Waals surface area (Å²) in [7, 11) is 0. The molecule has 1 amide bonds. The maximum Gasteiger partial charge on any atom is 0.328 e. The number of H-pyrrole nitrogens is 1. The second-order valence-corrected chi connectivity index (χ2v) is 12.8. The van der Waals surface area contributed by atoms with Gasteiger partial charge in [-0.3, -0.25) is 9.59 Å². The topological polar surface area (TPSA) is 129 Å². The van der Waals surface area contributed by atoms with Crippen molar-refractivity contribution in [2.24, 2.45) is 5.41 Å². The molecule has 2 aromatic heterocycles. The van der Waals surface area contributed by atoms with Crippen LogP contribution in [0.4, 0.5) is 0 Å². The minimum absolute atomic E-state index is 0.0191. The first-order valence-corrected chi connectivity index (χ1v) is 16.1. The summed E-state index contributed by atoms with van der Waals surface area (Å²) >= 11 is 0. The third-order valence-electron chi connectivity index (χ3n) is 8.18. The van der Waals surface area contributed by atoms with Crippen LogP contribution in [-0.2, 0) is 48.2 Å². The Morgan fingerprint density at radius 1 is 0.875 bits per heavy atom. The lowest BCUT2D eigenvalue weighted by molar-refractivity contribution is -0.220. The normalized spacial score (nSPS) is 15.2. The summed E-state index contributed by atoms with van der Waals surface area (Å²) in [6.07, 6.45) is -0.336. The van der Waals surface area contributed by atoms with E-state index in [2.05, 4.69) is 24.1 Å². The Morgan fingerprint density at radius 3 is 2.19 bits per heavy atom. The molecule has 2 N–H and O–H groups in total. The summed E-state index contributed by atoms with van der Waals surface area (Å²) < 4.78 is 23.0. The summed E-state index contributed by atoms with van der Waals surface area (Å²) in [5, 5.41) is 4.53. The number of pyridine rings is 1. The second kappa shape index (κ2) is 14.8. The quantitative estimate of drug-likeness (QED) is 0.157. The van der Waals surface area contributed by atoms with E-state index in [4.69, 9.17) is 23.9 Å². The molecule has 248 valence electrons. The van der Waals surface area contributed by atoms with Crippen LogP contribution in [0.15, 0.2) is 91.0 Å². The average molecular weight is 650 g/mol. The van der Waals surface area contributed by atoms with Gasteiger partial charge in [-0.2, -0.15) is 0 Å². The van der Waals surface area contributed by atoms with Crippen molar-refractivity contribution in [3.8, 4) is 0 Å². The molecule has 0 spiro atoms. The Morgan fingerprint density at radius 2 is 1.50 bits per heavy atom. The molecule has 3 heterocycles. The van der Waals surface area contributed by atoms with Crippen molar-refractivity contribution in [1.29, 1.82) is 0 Å². The molecular formula is C38H39N3O7. The Hall–Kier alpha value is -5.06. The van der Waals surface area contributed by atoms with E-state index in [-0.39, 0.29) is 37.2 Å². The second-order valence-electron chi connectivity index (χ2n) is 12.8. The standard InChI is InChI=1S/C38H39N3O7/c1-38(2)23-47-34(48-24-38)20-31-35-28(27-15-9-10-16-29(27)40-35)19-32(39-31)36(43)41-30(37(44)46-22-26-13-7-4-8-14-26)17-18-33(42)45-21-25-11-5-3-6-12-25/h3-16,19,30,34,40H,17-18,20-24H2,1-2H3,(H,41,43)/t30-/m0/s1. The van der Waals surface area contributed by atoms with Gasteiger partial charge in [0, 0.05) is 34.5 Å². The number of carbonyl (C=O) groups is 3. The first kappa shape index (κ1) is 32.9. The van der Waals surface area contributed by atoms with Crippen molar-refractivity contribution >= 4 is 39.7 Å². The van der Waals surface area contributed by atoms with Crippen LogP contribution in [0.25, 0.3) is 21.8 Å². The summed E-state index contributed by atoms with van der Waals surface area (Å²) in [5.74, 6) is -1.73. The highest BCUT2D eigenvalue weighted by Gasteiger charge is 2.30. The summed E-state index contributed by atoms with van der Waals surface area (Å²) in [6, 6.07) is 26.9. The van der Waals surface area contributed by atoms with Crippen LogP contribution >= 0.6 is 0 Å². The van der Waals surface area contributed by atoms with Gasteiger partial charge in [-0.25, -0.2) is 9.78 Å². The molecule has 5 aromatic rings. The van der Waals surface area contributed by atoms with E-state index >= 15 is 0 Å². The predicted molar refractivity (Wildman–Crippen MR) is 180 cm³/mol. The average Bonchev–Trinajstić information content (AvgIpc) is 3.49. The summed E-state index contributed by atoms with van der Waals surface area (Å²) in [4.78, 5) is 48.1. The first-order valence-electron chi connectivity index (χ1n) is 16.1. The molecule has 0 aliphatic carbocycles. The molecule has 1 aliphatic rings. The molecule has 1 atom stereocenters. The monoisotopic (exact) mass is 649 g/mol. The largest absolute Gasteiger partial charge is 0.461 e. The lowest BCUT2D eigenvalue weighted by Crippen LogP contribution is -2.42. The van der Waals surface area contributed by atoms with Crippen LogP contribution in [-0.4, -0.2) is 53.4 Å². The van der Waals surface area contributed by atoms with E-state index in [1.54, 1.807) is 6.07 Å². The molecular weight excluding hydrogens is 610 g/mol. The first-order chi connectivity index (χ1) is 23.2. The Kier molecular flexibility index (Phi) is 10.1. The van der Waals surface area contributed by atoms with Gasteiger partial charge in [-0.05, 0) is 29.7 Å². The number of ether oxygens (including phenoxy) is 4. The van der Waals surface area contributed by atoms with Gasteiger partial charge in [0.05, 0.1) is 24.4 Å². The zero-order valence-corrected chi connectivity index (χ0v) is 27.1. The number of fused-ring (bicyclic) bond motifs is 3. The summed E-state index contributed by atoms with van der Waals surface area (Å²) in [5.41, 5.74) is 3.95. The number of esters is 2. The Labute approximate surface area is 278 Å². The molecule has 6 rings (SSSR count). The number of nitrogens with zero attached hydrogens (tertiary/aromatic N) is 1. The van der Waals surface area contributed by atoms with Crippen molar-refractivity contribution in [2.45, 2.75) is 58.7 Å². The maximum atomic E-state index is 13.9. The molecule has 1 fully saturated rings. The zero-order chi connectivity index (χ0) is 33.5. The van der Waals surface area contributed by atoms with Gasteiger partial charge in [-0.1, -0.05) is 92.7 Å². The minimum Gasteiger partial charge on any atom is -0.461 e. The van der Waals surface area contributed by atoms with Crippen LogP contribution in [0, 0.1) is 5.41 Å². The lowest BCUT2D eigenvalue weighted by Gasteiger charge is -2.34.